The van der Waals surface area contributed by atoms with Gasteiger partial charge in [-0.15, -0.1) is 0 Å². The summed E-state index contributed by atoms with van der Waals surface area (Å²) in [5.74, 6) is 0.624. The molecule has 1 fully saturated rings. The van der Waals surface area contributed by atoms with Gasteiger partial charge >= 0.3 is 7.12 Å². The number of hydrogen-bond donors (Lipinski definition) is 0. The molecule has 38 heavy (non-hydrogen) atoms. The van der Waals surface area contributed by atoms with Gasteiger partial charge in [-0.25, -0.2) is 4.39 Å². The molecular weight excluding hydrogens is 474 g/mol. The van der Waals surface area contributed by atoms with Crippen LogP contribution in [-0.4, -0.2) is 18.3 Å². The van der Waals surface area contributed by atoms with E-state index in [2.05, 4.69) is 84.0 Å². The summed E-state index contributed by atoms with van der Waals surface area (Å²) in [5.41, 5.74) is 6.87. The van der Waals surface area contributed by atoms with Crippen molar-refractivity contribution in [3.05, 3.63) is 96.3 Å². The van der Waals surface area contributed by atoms with Crippen LogP contribution in [0.2, 0.25) is 0 Å². The fourth-order valence-electron chi connectivity index (χ4n) is 5.55. The number of benzene rings is 4. The van der Waals surface area contributed by atoms with Crippen molar-refractivity contribution in [2.75, 3.05) is 0 Å². The predicted octanol–water partition coefficient (Wildman–Crippen LogP) is 7.75. The smallest absolute Gasteiger partial charge is 0.482 e. The number of fused-ring (bicyclic) bond motifs is 3. The Kier molecular flexibility index (Phi) is 5.61. The lowest BCUT2D eigenvalue weighted by Gasteiger charge is -2.37. The zero-order valence-corrected chi connectivity index (χ0v) is 22.8. The third-order valence-corrected chi connectivity index (χ3v) is 8.22. The molecule has 0 spiro atoms. The first kappa shape index (κ1) is 24.9. The van der Waals surface area contributed by atoms with Crippen molar-refractivity contribution >= 4 is 12.6 Å². The molecule has 0 amide bonds. The molecule has 0 aromatic heterocycles. The average molecular weight is 506 g/mol. The monoisotopic (exact) mass is 506 g/mol. The fraction of sp³-hybridized carbons (Fsp3) is 0.273. The lowest BCUT2D eigenvalue weighted by Crippen LogP contribution is -2.41. The zero-order chi connectivity index (χ0) is 26.9. The molecule has 1 saturated heterocycles. The van der Waals surface area contributed by atoms with Crippen molar-refractivity contribution in [2.24, 2.45) is 0 Å². The van der Waals surface area contributed by atoms with E-state index in [1.807, 2.05) is 30.3 Å². The Morgan fingerprint density at radius 3 is 1.89 bits per heavy atom. The number of ether oxygens (including phenoxy) is 1. The Hall–Kier alpha value is -3.41. The highest BCUT2D eigenvalue weighted by atomic mass is 19.1. The summed E-state index contributed by atoms with van der Waals surface area (Å²) in [4.78, 5) is 0. The number of para-hydroxylation sites is 1. The lowest BCUT2D eigenvalue weighted by atomic mass is 9.74. The highest BCUT2D eigenvalue weighted by molar-refractivity contribution is 6.62. The quantitative estimate of drug-likeness (QED) is 0.266. The maximum atomic E-state index is 13.9. The SMILES string of the molecule is CC1(C)Oc2ccccc2-c2cccc(-c3cc(B4OC(C)(C)C(C)(C)O4)ccc3-c3ccc(F)cc3)c21. The van der Waals surface area contributed by atoms with Gasteiger partial charge in [-0.1, -0.05) is 66.7 Å². The van der Waals surface area contributed by atoms with Crippen LogP contribution in [0, 0.1) is 5.82 Å². The van der Waals surface area contributed by atoms with Gasteiger partial charge in [0.25, 0.3) is 0 Å². The second-order valence-electron chi connectivity index (χ2n) is 11.7. The normalized spacial score (nSPS) is 18.4. The van der Waals surface area contributed by atoms with Crippen molar-refractivity contribution in [3.63, 3.8) is 0 Å². The summed E-state index contributed by atoms with van der Waals surface area (Å²) in [6.07, 6.45) is 0. The van der Waals surface area contributed by atoms with E-state index < -0.39 is 23.9 Å². The van der Waals surface area contributed by atoms with E-state index in [1.165, 1.54) is 12.1 Å². The van der Waals surface area contributed by atoms with Crippen LogP contribution < -0.4 is 10.2 Å². The Balaban J connectivity index is 1.59. The van der Waals surface area contributed by atoms with Gasteiger partial charge in [-0.3, -0.25) is 0 Å². The van der Waals surface area contributed by atoms with Crippen molar-refractivity contribution in [1.82, 2.24) is 0 Å². The summed E-state index contributed by atoms with van der Waals surface area (Å²) in [6, 6.07) is 27.6. The topological polar surface area (TPSA) is 27.7 Å². The maximum absolute atomic E-state index is 13.9. The molecule has 2 heterocycles. The third kappa shape index (κ3) is 3.96. The van der Waals surface area contributed by atoms with Crippen LogP contribution >= 0.6 is 0 Å². The zero-order valence-electron chi connectivity index (χ0n) is 22.8. The molecule has 2 aliphatic rings. The van der Waals surface area contributed by atoms with Gasteiger partial charge in [0.05, 0.1) is 11.2 Å². The fourth-order valence-corrected chi connectivity index (χ4v) is 5.55. The minimum Gasteiger partial charge on any atom is -0.482 e. The van der Waals surface area contributed by atoms with Crippen LogP contribution in [0.5, 0.6) is 5.75 Å². The van der Waals surface area contributed by atoms with Gasteiger partial charge in [0.15, 0.2) is 0 Å². The standard InChI is InChI=1S/C33H32BFO3/c1-31(2)30-26(25-10-7-8-13-29(25)36-31)11-9-12-27(30)28-20-22(34-37-32(3,4)33(5,6)38-34)16-19-24(28)21-14-17-23(35)18-15-21/h7-20H,1-6H3. The Bertz CT molecular complexity index is 1520. The van der Waals surface area contributed by atoms with Crippen LogP contribution in [0.4, 0.5) is 4.39 Å². The van der Waals surface area contributed by atoms with Crippen molar-refractivity contribution in [1.29, 1.82) is 0 Å². The van der Waals surface area contributed by atoms with Crippen molar-refractivity contribution in [3.8, 4) is 39.1 Å². The molecular formula is C33H32BFO3. The Labute approximate surface area is 224 Å². The van der Waals surface area contributed by atoms with Crippen LogP contribution in [0.15, 0.2) is 84.9 Å². The second kappa shape index (κ2) is 8.55. The molecule has 0 N–H and O–H groups in total. The summed E-state index contributed by atoms with van der Waals surface area (Å²) < 4.78 is 33.2. The van der Waals surface area contributed by atoms with Crippen LogP contribution in [0.1, 0.15) is 47.1 Å². The van der Waals surface area contributed by atoms with Crippen LogP contribution in [0.3, 0.4) is 0 Å². The summed E-state index contributed by atoms with van der Waals surface area (Å²) in [6.45, 7) is 12.5. The number of hydrogen-bond acceptors (Lipinski definition) is 3. The molecule has 0 saturated carbocycles. The molecule has 2 aliphatic heterocycles. The van der Waals surface area contributed by atoms with Gasteiger partial charge in [0.2, 0.25) is 0 Å². The Morgan fingerprint density at radius 1 is 0.605 bits per heavy atom. The molecule has 4 aromatic carbocycles. The predicted molar refractivity (Wildman–Crippen MR) is 152 cm³/mol. The van der Waals surface area contributed by atoms with E-state index in [4.69, 9.17) is 14.0 Å². The summed E-state index contributed by atoms with van der Waals surface area (Å²) >= 11 is 0. The van der Waals surface area contributed by atoms with Gasteiger partial charge in [0.1, 0.15) is 17.2 Å². The van der Waals surface area contributed by atoms with E-state index in [0.29, 0.717) is 0 Å². The van der Waals surface area contributed by atoms with Gasteiger partial charge in [-0.2, -0.15) is 0 Å². The van der Waals surface area contributed by atoms with Crippen molar-refractivity contribution < 1.29 is 18.4 Å². The minimum absolute atomic E-state index is 0.257. The highest BCUT2D eigenvalue weighted by Crippen LogP contribution is 2.49. The van der Waals surface area contributed by atoms with Crippen LogP contribution in [-0.2, 0) is 14.9 Å². The van der Waals surface area contributed by atoms with Gasteiger partial charge in [0, 0.05) is 11.1 Å². The first-order chi connectivity index (χ1) is 18.0. The second-order valence-corrected chi connectivity index (χ2v) is 11.7. The van der Waals surface area contributed by atoms with Gasteiger partial charge < -0.3 is 14.0 Å². The Morgan fingerprint density at radius 2 is 1.21 bits per heavy atom. The van der Waals surface area contributed by atoms with Gasteiger partial charge in [-0.05, 0) is 93.0 Å². The molecule has 0 bridgehead atoms. The first-order valence-electron chi connectivity index (χ1n) is 13.1. The molecule has 3 nitrogen and oxygen atoms in total. The molecule has 6 rings (SSSR count). The molecule has 0 radical (unpaired) electrons. The third-order valence-electron chi connectivity index (χ3n) is 8.22. The van der Waals surface area contributed by atoms with E-state index >= 15 is 0 Å². The molecule has 4 aromatic rings. The summed E-state index contributed by atoms with van der Waals surface area (Å²) in [5, 5.41) is 0. The minimum atomic E-state index is -0.569. The number of rotatable bonds is 3. The van der Waals surface area contributed by atoms with E-state index in [-0.39, 0.29) is 5.82 Å². The van der Waals surface area contributed by atoms with Crippen LogP contribution in [0.25, 0.3) is 33.4 Å². The average Bonchev–Trinajstić information content (AvgIpc) is 3.10. The molecule has 0 atom stereocenters. The maximum Gasteiger partial charge on any atom is 0.494 e. The summed E-state index contributed by atoms with van der Waals surface area (Å²) in [7, 11) is -0.495. The molecule has 5 heteroatoms. The number of halogens is 1. The molecule has 192 valence electrons. The first-order valence-corrected chi connectivity index (χ1v) is 13.1. The van der Waals surface area contributed by atoms with Crippen molar-refractivity contribution in [2.45, 2.75) is 58.3 Å². The van der Waals surface area contributed by atoms with E-state index in [1.54, 1.807) is 0 Å². The van der Waals surface area contributed by atoms with E-state index in [0.717, 1.165) is 50.2 Å². The molecule has 0 aliphatic carbocycles. The largest absolute Gasteiger partial charge is 0.494 e. The lowest BCUT2D eigenvalue weighted by molar-refractivity contribution is 0.00578. The van der Waals surface area contributed by atoms with E-state index in [9.17, 15) is 4.39 Å². The molecule has 0 unspecified atom stereocenters. The highest BCUT2D eigenvalue weighted by Gasteiger charge is 2.51.